The molecule has 0 fully saturated rings. The van der Waals surface area contributed by atoms with Crippen LogP contribution >= 0.6 is 0 Å². The van der Waals surface area contributed by atoms with Crippen LogP contribution in [0.25, 0.3) is 116 Å². The largest absolute Gasteiger partial charge is 0.456 e. The van der Waals surface area contributed by atoms with E-state index in [4.69, 9.17) is 28.2 Å². The summed E-state index contributed by atoms with van der Waals surface area (Å²) in [6.07, 6.45) is 0. The maximum Gasteiger partial charge on any atom is 0.238 e. The van der Waals surface area contributed by atoms with Crippen LogP contribution in [0.5, 0.6) is 0 Å². The highest BCUT2D eigenvalue weighted by atomic mass is 16.3. The average molecular weight is 669 g/mol. The molecule has 12 aromatic rings. The maximum atomic E-state index is 6.63. The van der Waals surface area contributed by atoms with Crippen LogP contribution in [0.2, 0.25) is 0 Å². The highest BCUT2D eigenvalue weighted by Crippen LogP contribution is 2.41. The summed E-state index contributed by atoms with van der Waals surface area (Å²) >= 11 is 0. The van der Waals surface area contributed by atoms with Crippen molar-refractivity contribution in [1.82, 2.24) is 19.5 Å². The van der Waals surface area contributed by atoms with Crippen molar-refractivity contribution in [2.45, 2.75) is 0 Å². The number of aromatic nitrogens is 4. The molecule has 0 aliphatic heterocycles. The van der Waals surface area contributed by atoms with E-state index in [9.17, 15) is 0 Å². The van der Waals surface area contributed by atoms with Crippen molar-refractivity contribution < 1.29 is 13.3 Å². The zero-order valence-electron chi connectivity index (χ0n) is 27.4. The van der Waals surface area contributed by atoms with Gasteiger partial charge >= 0.3 is 0 Å². The number of hydrogen-bond donors (Lipinski definition) is 0. The predicted molar refractivity (Wildman–Crippen MR) is 207 cm³/mol. The summed E-state index contributed by atoms with van der Waals surface area (Å²) in [5.74, 6) is 1.59. The van der Waals surface area contributed by atoms with Gasteiger partial charge in [-0.25, -0.2) is 4.98 Å². The summed E-state index contributed by atoms with van der Waals surface area (Å²) in [6.45, 7) is 0. The lowest BCUT2D eigenvalue weighted by atomic mass is 10.1. The van der Waals surface area contributed by atoms with Gasteiger partial charge in [-0.3, -0.25) is 4.57 Å². The number of furan rings is 3. The van der Waals surface area contributed by atoms with Crippen LogP contribution in [-0.2, 0) is 0 Å². The second kappa shape index (κ2) is 10.2. The Bertz CT molecular complexity index is 3300. The topological polar surface area (TPSA) is 83.0 Å². The minimum absolute atomic E-state index is 0.494. The van der Waals surface area contributed by atoms with E-state index in [1.807, 2.05) is 84.9 Å². The molecular weight excluding hydrogens is 645 g/mol. The van der Waals surface area contributed by atoms with Crippen molar-refractivity contribution in [2.75, 3.05) is 0 Å². The molecule has 12 rings (SSSR count). The van der Waals surface area contributed by atoms with Crippen molar-refractivity contribution in [1.29, 1.82) is 0 Å². The summed E-state index contributed by atoms with van der Waals surface area (Å²) in [5.41, 5.74) is 8.52. The smallest absolute Gasteiger partial charge is 0.238 e. The Hall–Kier alpha value is -7.25. The molecule has 0 atom stereocenters. The Morgan fingerprint density at radius 3 is 1.46 bits per heavy atom. The van der Waals surface area contributed by atoms with Crippen molar-refractivity contribution in [3.05, 3.63) is 146 Å². The first kappa shape index (κ1) is 27.6. The third-order valence-corrected chi connectivity index (χ3v) is 10.3. The third kappa shape index (κ3) is 3.82. The van der Waals surface area contributed by atoms with Crippen LogP contribution in [0.1, 0.15) is 0 Å². The Morgan fingerprint density at radius 1 is 0.365 bits per heavy atom. The van der Waals surface area contributed by atoms with Gasteiger partial charge in [-0.2, -0.15) is 9.97 Å². The molecule has 0 amide bonds. The second-order valence-corrected chi connectivity index (χ2v) is 13.2. The summed E-state index contributed by atoms with van der Waals surface area (Å²) in [5, 5.41) is 8.34. The van der Waals surface area contributed by atoms with Crippen molar-refractivity contribution >= 4 is 87.6 Å². The van der Waals surface area contributed by atoms with Gasteiger partial charge in [-0.1, -0.05) is 78.9 Å². The molecular formula is C45H24N4O3. The predicted octanol–water partition coefficient (Wildman–Crippen LogP) is 12.0. The molecule has 0 spiro atoms. The first-order chi connectivity index (χ1) is 25.7. The number of para-hydroxylation sites is 4. The van der Waals surface area contributed by atoms with Gasteiger partial charge in [-0.15, -0.1) is 0 Å². The number of nitrogens with zero attached hydrogens (tertiary/aromatic N) is 4. The lowest BCUT2D eigenvalue weighted by Crippen LogP contribution is -2.06. The fourth-order valence-electron chi connectivity index (χ4n) is 7.89. The van der Waals surface area contributed by atoms with E-state index in [1.54, 1.807) is 0 Å². The van der Waals surface area contributed by atoms with Crippen molar-refractivity contribution in [3.63, 3.8) is 0 Å². The first-order valence-corrected chi connectivity index (χ1v) is 17.2. The first-order valence-electron chi connectivity index (χ1n) is 17.2. The minimum Gasteiger partial charge on any atom is -0.456 e. The fraction of sp³-hybridized carbons (Fsp3) is 0. The van der Waals surface area contributed by atoms with E-state index in [-0.39, 0.29) is 0 Å². The molecule has 0 saturated heterocycles. The molecule has 5 heterocycles. The monoisotopic (exact) mass is 668 g/mol. The highest BCUT2D eigenvalue weighted by molar-refractivity contribution is 6.21. The number of benzene rings is 7. The second-order valence-electron chi connectivity index (χ2n) is 13.2. The molecule has 52 heavy (non-hydrogen) atoms. The molecule has 0 aliphatic carbocycles. The molecule has 0 radical (unpaired) electrons. The highest BCUT2D eigenvalue weighted by Gasteiger charge is 2.22. The molecule has 0 aliphatic rings. The normalized spacial score (nSPS) is 12.2. The van der Waals surface area contributed by atoms with Gasteiger partial charge in [0.05, 0.1) is 5.52 Å². The zero-order valence-corrected chi connectivity index (χ0v) is 27.4. The van der Waals surface area contributed by atoms with Gasteiger partial charge in [-0.05, 0) is 66.7 Å². The van der Waals surface area contributed by atoms with Crippen LogP contribution in [0, 0.1) is 0 Å². The third-order valence-electron chi connectivity index (χ3n) is 10.3. The summed E-state index contributed by atoms with van der Waals surface area (Å²) in [4.78, 5) is 15.7. The lowest BCUT2D eigenvalue weighted by molar-refractivity contribution is 0.668. The van der Waals surface area contributed by atoms with E-state index in [0.717, 1.165) is 98.7 Å². The van der Waals surface area contributed by atoms with Gasteiger partial charge in [0.2, 0.25) is 5.95 Å². The van der Waals surface area contributed by atoms with Gasteiger partial charge in [0, 0.05) is 54.2 Å². The number of rotatable bonds is 3. The van der Waals surface area contributed by atoms with E-state index < -0.39 is 0 Å². The quantitative estimate of drug-likeness (QED) is 0.186. The molecule has 0 saturated carbocycles. The molecule has 7 nitrogen and oxygen atoms in total. The molecule has 5 aromatic heterocycles. The Morgan fingerprint density at radius 2 is 0.846 bits per heavy atom. The molecule has 242 valence electrons. The van der Waals surface area contributed by atoms with Crippen LogP contribution < -0.4 is 0 Å². The summed E-state index contributed by atoms with van der Waals surface area (Å²) in [6, 6.07) is 49.3. The maximum absolute atomic E-state index is 6.63. The SMILES string of the molecule is c1ccc2c(c1)oc1ccc(-c3nc(-c4ccc5oc6ccccc6c5c4)nc(-n4c5ccccc5c5ccc6c7ccccc7oc6c54)n3)cc12. The Kier molecular flexibility index (Phi) is 5.38. The molecule has 0 N–H and O–H groups in total. The average Bonchev–Trinajstić information content (AvgIpc) is 3.96. The van der Waals surface area contributed by atoms with Crippen molar-refractivity contribution in [2.24, 2.45) is 0 Å². The summed E-state index contributed by atoms with van der Waals surface area (Å²) in [7, 11) is 0. The van der Waals surface area contributed by atoms with Gasteiger partial charge in [0.1, 0.15) is 33.4 Å². The fourth-order valence-corrected chi connectivity index (χ4v) is 7.89. The van der Waals surface area contributed by atoms with Crippen LogP contribution in [-0.4, -0.2) is 19.5 Å². The number of fused-ring (bicyclic) bond motifs is 13. The van der Waals surface area contributed by atoms with Gasteiger partial charge in [0.15, 0.2) is 17.2 Å². The molecule has 0 bridgehead atoms. The minimum atomic E-state index is 0.494. The Labute approximate surface area is 294 Å². The number of hydrogen-bond acceptors (Lipinski definition) is 6. The van der Waals surface area contributed by atoms with Crippen LogP contribution in [0.4, 0.5) is 0 Å². The molecule has 7 aromatic carbocycles. The molecule has 0 unspecified atom stereocenters. The van der Waals surface area contributed by atoms with Gasteiger partial charge < -0.3 is 13.3 Å². The van der Waals surface area contributed by atoms with Gasteiger partial charge in [0.25, 0.3) is 0 Å². The molecule has 7 heteroatoms. The summed E-state index contributed by atoms with van der Waals surface area (Å²) < 4.78 is 21.1. The Balaban J connectivity index is 1.18. The van der Waals surface area contributed by atoms with E-state index in [2.05, 4.69) is 65.2 Å². The van der Waals surface area contributed by atoms with Crippen LogP contribution in [0.3, 0.4) is 0 Å². The van der Waals surface area contributed by atoms with Crippen molar-refractivity contribution in [3.8, 4) is 28.7 Å². The lowest BCUT2D eigenvalue weighted by Gasteiger charge is -2.11. The van der Waals surface area contributed by atoms with Crippen LogP contribution in [0.15, 0.2) is 159 Å². The van der Waals surface area contributed by atoms with E-state index >= 15 is 0 Å². The van der Waals surface area contributed by atoms with E-state index in [0.29, 0.717) is 17.6 Å². The standard InChI is InChI=1S/C45H24N4O3/c1-5-13-35-27(9-1)31-19-20-32-28-10-2-8-16-38(28)52-42(32)41(31)49(35)45-47-43(25-17-21-39-33(23-25)29-11-3-6-14-36(29)50-39)46-44(48-45)26-18-22-40-34(24-26)30-12-4-7-15-37(30)51-40/h1-24H. The zero-order chi connectivity index (χ0) is 33.9. The van der Waals surface area contributed by atoms with E-state index in [1.165, 1.54) is 0 Å².